The highest BCUT2D eigenvalue weighted by Crippen LogP contribution is 2.13. The van der Waals surface area contributed by atoms with Gasteiger partial charge >= 0.3 is 0 Å². The average Bonchev–Trinajstić information content (AvgIpc) is 3.01. The molecule has 0 spiro atoms. The largest absolute Gasteiger partial charge is 0.381 e. The quantitative estimate of drug-likeness (QED) is 0.645. The lowest BCUT2D eigenvalue weighted by molar-refractivity contribution is 0.181. The molecule has 1 N–H and O–H groups in total. The fourth-order valence-electron chi connectivity index (χ4n) is 2.68. The molecule has 1 aliphatic rings. The van der Waals surface area contributed by atoms with Crippen LogP contribution < -0.4 is 5.32 Å². The molecule has 1 aromatic carbocycles. The molecule has 0 bridgehead atoms. The van der Waals surface area contributed by atoms with Crippen molar-refractivity contribution in [1.29, 1.82) is 0 Å². The van der Waals surface area contributed by atoms with Crippen molar-refractivity contribution in [1.82, 2.24) is 10.2 Å². The third-order valence-corrected chi connectivity index (χ3v) is 3.91. The number of hydrogen-bond donors (Lipinski definition) is 1. The molecule has 1 aromatic rings. The van der Waals surface area contributed by atoms with Gasteiger partial charge in [0, 0.05) is 45.3 Å². The molecule has 0 amide bonds. The molecule has 1 fully saturated rings. The van der Waals surface area contributed by atoms with Crippen molar-refractivity contribution in [2.75, 3.05) is 39.9 Å². The standard InChI is InChI=1S/C17H25F2N3O/c1-3-20-17(22(2)11-13-7-9-23-12-13)21-8-6-14-4-5-15(18)10-16(14)19/h4-5,10,13H,3,6-9,11-12H2,1-2H3,(H,20,21). The van der Waals surface area contributed by atoms with Gasteiger partial charge in [0.15, 0.2) is 5.96 Å². The maximum absolute atomic E-state index is 13.6. The number of ether oxygens (including phenoxy) is 1. The summed E-state index contributed by atoms with van der Waals surface area (Å²) in [5.41, 5.74) is 0.484. The van der Waals surface area contributed by atoms with E-state index in [0.717, 1.165) is 44.8 Å². The van der Waals surface area contributed by atoms with Crippen molar-refractivity contribution >= 4 is 5.96 Å². The van der Waals surface area contributed by atoms with Crippen molar-refractivity contribution in [3.05, 3.63) is 35.4 Å². The first-order valence-electron chi connectivity index (χ1n) is 8.11. The van der Waals surface area contributed by atoms with Crippen molar-refractivity contribution in [3.63, 3.8) is 0 Å². The fraction of sp³-hybridized carbons (Fsp3) is 0.588. The lowest BCUT2D eigenvalue weighted by Crippen LogP contribution is -2.41. The molecule has 1 heterocycles. The maximum atomic E-state index is 13.6. The Morgan fingerprint density at radius 2 is 2.26 bits per heavy atom. The third kappa shape index (κ3) is 5.46. The first kappa shape index (κ1) is 17.7. The van der Waals surface area contributed by atoms with Crippen LogP contribution in [0.1, 0.15) is 18.9 Å². The van der Waals surface area contributed by atoms with Gasteiger partial charge in [-0.25, -0.2) is 8.78 Å². The summed E-state index contributed by atoms with van der Waals surface area (Å²) in [5.74, 6) is 0.267. The Hall–Kier alpha value is -1.69. The van der Waals surface area contributed by atoms with Gasteiger partial charge in [0.05, 0.1) is 6.61 Å². The molecule has 23 heavy (non-hydrogen) atoms. The number of nitrogens with one attached hydrogen (secondary N) is 1. The van der Waals surface area contributed by atoms with E-state index in [-0.39, 0.29) is 0 Å². The van der Waals surface area contributed by atoms with E-state index in [9.17, 15) is 8.78 Å². The van der Waals surface area contributed by atoms with Crippen LogP contribution in [0, 0.1) is 17.6 Å². The summed E-state index contributed by atoms with van der Waals surface area (Å²) in [6.45, 7) is 5.75. The summed E-state index contributed by atoms with van der Waals surface area (Å²) in [5, 5.41) is 3.25. The summed E-state index contributed by atoms with van der Waals surface area (Å²) < 4.78 is 31.9. The minimum Gasteiger partial charge on any atom is -0.381 e. The molecule has 0 saturated carbocycles. The summed E-state index contributed by atoms with van der Waals surface area (Å²) in [6, 6.07) is 3.67. The second-order valence-corrected chi connectivity index (χ2v) is 5.83. The fourth-order valence-corrected chi connectivity index (χ4v) is 2.68. The average molecular weight is 325 g/mol. The highest BCUT2D eigenvalue weighted by atomic mass is 19.1. The highest BCUT2D eigenvalue weighted by Gasteiger charge is 2.19. The third-order valence-electron chi connectivity index (χ3n) is 3.91. The van der Waals surface area contributed by atoms with Crippen LogP contribution >= 0.6 is 0 Å². The maximum Gasteiger partial charge on any atom is 0.193 e. The summed E-state index contributed by atoms with van der Waals surface area (Å²) in [6.07, 6.45) is 1.52. The SMILES string of the molecule is CCNC(=NCCc1ccc(F)cc1F)N(C)CC1CCOC1. The van der Waals surface area contributed by atoms with Crippen LogP contribution in [0.15, 0.2) is 23.2 Å². The van der Waals surface area contributed by atoms with E-state index in [1.54, 1.807) is 0 Å². The molecule has 1 unspecified atom stereocenters. The summed E-state index contributed by atoms with van der Waals surface area (Å²) in [7, 11) is 2.00. The Morgan fingerprint density at radius 1 is 1.43 bits per heavy atom. The Kier molecular flexibility index (Phi) is 6.77. The first-order valence-corrected chi connectivity index (χ1v) is 8.11. The summed E-state index contributed by atoms with van der Waals surface area (Å²) in [4.78, 5) is 6.63. The van der Waals surface area contributed by atoms with E-state index >= 15 is 0 Å². The molecule has 1 saturated heterocycles. The van der Waals surface area contributed by atoms with Crippen LogP contribution in [0.25, 0.3) is 0 Å². The molecule has 4 nitrogen and oxygen atoms in total. The van der Waals surface area contributed by atoms with Crippen LogP contribution in [-0.4, -0.2) is 50.8 Å². The number of nitrogens with zero attached hydrogens (tertiary/aromatic N) is 2. The Balaban J connectivity index is 1.91. The van der Waals surface area contributed by atoms with Crippen molar-refractivity contribution in [3.8, 4) is 0 Å². The molecule has 6 heteroatoms. The zero-order valence-corrected chi connectivity index (χ0v) is 13.8. The molecule has 128 valence electrons. The van der Waals surface area contributed by atoms with Crippen LogP contribution in [0.2, 0.25) is 0 Å². The Morgan fingerprint density at radius 3 is 2.91 bits per heavy atom. The van der Waals surface area contributed by atoms with E-state index in [1.165, 1.54) is 12.1 Å². The number of rotatable bonds is 6. The number of hydrogen-bond acceptors (Lipinski definition) is 2. The van der Waals surface area contributed by atoms with Crippen LogP contribution in [0.5, 0.6) is 0 Å². The van der Waals surface area contributed by atoms with E-state index < -0.39 is 11.6 Å². The predicted octanol–water partition coefficient (Wildman–Crippen LogP) is 2.44. The topological polar surface area (TPSA) is 36.9 Å². The Bertz CT molecular complexity index is 531. The molecule has 1 aliphatic heterocycles. The highest BCUT2D eigenvalue weighted by molar-refractivity contribution is 5.79. The molecule has 0 radical (unpaired) electrons. The van der Waals surface area contributed by atoms with Gasteiger partial charge in [-0.3, -0.25) is 4.99 Å². The van der Waals surface area contributed by atoms with Gasteiger partial charge in [0.25, 0.3) is 0 Å². The van der Waals surface area contributed by atoms with Gasteiger partial charge in [0.1, 0.15) is 11.6 Å². The lowest BCUT2D eigenvalue weighted by Gasteiger charge is -2.24. The molecule has 1 atom stereocenters. The van der Waals surface area contributed by atoms with Crippen molar-refractivity contribution in [2.24, 2.45) is 10.9 Å². The Labute approximate surface area is 136 Å². The van der Waals surface area contributed by atoms with Crippen LogP contribution in [0.3, 0.4) is 0 Å². The predicted molar refractivity (Wildman–Crippen MR) is 87.6 cm³/mol. The molecule has 2 rings (SSSR count). The van der Waals surface area contributed by atoms with Gasteiger partial charge in [-0.15, -0.1) is 0 Å². The molecule has 0 aromatic heterocycles. The van der Waals surface area contributed by atoms with Gasteiger partial charge in [-0.05, 0) is 31.4 Å². The van der Waals surface area contributed by atoms with Gasteiger partial charge < -0.3 is 15.0 Å². The lowest BCUT2D eigenvalue weighted by atomic mass is 10.1. The van der Waals surface area contributed by atoms with Crippen LogP contribution in [-0.2, 0) is 11.2 Å². The van der Waals surface area contributed by atoms with E-state index in [4.69, 9.17) is 4.74 Å². The zero-order valence-electron chi connectivity index (χ0n) is 13.8. The van der Waals surface area contributed by atoms with E-state index in [1.807, 2.05) is 14.0 Å². The van der Waals surface area contributed by atoms with Crippen LogP contribution in [0.4, 0.5) is 8.78 Å². The van der Waals surface area contributed by atoms with Gasteiger partial charge in [-0.1, -0.05) is 6.07 Å². The molecule has 0 aliphatic carbocycles. The first-order chi connectivity index (χ1) is 11.1. The monoisotopic (exact) mass is 325 g/mol. The van der Waals surface area contributed by atoms with E-state index in [2.05, 4.69) is 15.2 Å². The minimum absolute atomic E-state index is 0.446. The minimum atomic E-state index is -0.554. The second kappa shape index (κ2) is 8.82. The van der Waals surface area contributed by atoms with Crippen molar-refractivity contribution < 1.29 is 13.5 Å². The van der Waals surface area contributed by atoms with Crippen molar-refractivity contribution in [2.45, 2.75) is 19.8 Å². The number of halogens is 2. The zero-order chi connectivity index (χ0) is 16.7. The smallest absolute Gasteiger partial charge is 0.193 e. The summed E-state index contributed by atoms with van der Waals surface area (Å²) >= 11 is 0. The number of benzene rings is 1. The molecular weight excluding hydrogens is 300 g/mol. The second-order valence-electron chi connectivity index (χ2n) is 5.83. The number of guanidine groups is 1. The molecular formula is C17H25F2N3O. The number of aliphatic imine (C=N–C) groups is 1. The normalized spacial score (nSPS) is 18.3. The van der Waals surface area contributed by atoms with E-state index in [0.29, 0.717) is 24.4 Å². The van der Waals surface area contributed by atoms with Gasteiger partial charge in [-0.2, -0.15) is 0 Å². The van der Waals surface area contributed by atoms with Gasteiger partial charge in [0.2, 0.25) is 0 Å².